The minimum absolute atomic E-state index is 0.738. The number of piperazine rings is 1. The van der Waals surface area contributed by atoms with Crippen molar-refractivity contribution in [2.75, 3.05) is 43.9 Å². The van der Waals surface area contributed by atoms with Gasteiger partial charge in [0.2, 0.25) is 0 Å². The Kier molecular flexibility index (Phi) is 3.71. The fraction of sp³-hybridized carbons (Fsp3) is 0.278. The first kappa shape index (κ1) is 14.5. The molecule has 1 fully saturated rings. The Bertz CT molecular complexity index is 774. The molecule has 2 aliphatic heterocycles. The van der Waals surface area contributed by atoms with Gasteiger partial charge in [0, 0.05) is 24.2 Å². The molecule has 23 heavy (non-hydrogen) atoms. The number of hydrogen-bond acceptors (Lipinski definition) is 2. The van der Waals surface area contributed by atoms with Crippen LogP contribution in [0.3, 0.4) is 0 Å². The highest BCUT2D eigenvalue weighted by Crippen LogP contribution is 2.33. The smallest absolute Gasteiger partial charge is 0.284 e. The number of hydrogen-bond donors (Lipinski definition) is 2. The lowest BCUT2D eigenvalue weighted by Crippen LogP contribution is -2.43. The Morgan fingerprint density at radius 1 is 0.957 bits per heavy atom. The third kappa shape index (κ3) is 2.80. The summed E-state index contributed by atoms with van der Waals surface area (Å²) in [5.41, 5.74) is 4.38. The zero-order valence-electron chi connectivity index (χ0n) is 13.1. The predicted octanol–water partition coefficient (Wildman–Crippen LogP) is 3.21. The lowest BCUT2D eigenvalue weighted by molar-refractivity contribution is -0.538. The van der Waals surface area contributed by atoms with E-state index in [-0.39, 0.29) is 0 Å². The average Bonchev–Trinajstić information content (AvgIpc) is 2.72. The van der Waals surface area contributed by atoms with Crippen LogP contribution in [0.25, 0.3) is 0 Å². The monoisotopic (exact) mass is 327 g/mol. The van der Waals surface area contributed by atoms with Gasteiger partial charge in [0.25, 0.3) is 5.84 Å². The Morgan fingerprint density at radius 3 is 2.57 bits per heavy atom. The van der Waals surface area contributed by atoms with Crippen LogP contribution in [0.2, 0.25) is 5.02 Å². The van der Waals surface area contributed by atoms with Gasteiger partial charge in [-0.1, -0.05) is 23.7 Å². The van der Waals surface area contributed by atoms with Crippen molar-refractivity contribution in [3.8, 4) is 0 Å². The maximum absolute atomic E-state index is 6.20. The van der Waals surface area contributed by atoms with E-state index >= 15 is 0 Å². The summed E-state index contributed by atoms with van der Waals surface area (Å²) in [6.45, 7) is 4.18. The molecule has 0 unspecified atom stereocenters. The molecule has 2 aromatic carbocycles. The summed E-state index contributed by atoms with van der Waals surface area (Å²) in [5.74, 6) is 1.15. The van der Waals surface area contributed by atoms with Crippen molar-refractivity contribution in [2.45, 2.75) is 0 Å². The standard InChI is InChI=1S/C18H19ClN4/c1-22-8-10-23(11-9-22)18-14-4-2-3-5-15(14)20-16-7-6-13(19)12-17(16)21-18/h2-7,12H,8-11H2,1H3,(H,20,21)/p+1. The Morgan fingerprint density at radius 2 is 1.74 bits per heavy atom. The van der Waals surface area contributed by atoms with Crippen LogP contribution < -0.4 is 10.6 Å². The van der Waals surface area contributed by atoms with E-state index < -0.39 is 0 Å². The van der Waals surface area contributed by atoms with E-state index in [1.807, 2.05) is 18.2 Å². The van der Waals surface area contributed by atoms with Gasteiger partial charge in [-0.3, -0.25) is 9.48 Å². The summed E-state index contributed by atoms with van der Waals surface area (Å²) < 4.78 is 2.43. The molecule has 2 N–H and O–H groups in total. The lowest BCUT2D eigenvalue weighted by Gasteiger charge is -2.24. The zero-order valence-corrected chi connectivity index (χ0v) is 13.9. The molecule has 2 heterocycles. The molecule has 0 saturated carbocycles. The number of amidine groups is 1. The lowest BCUT2D eigenvalue weighted by atomic mass is 10.1. The quantitative estimate of drug-likeness (QED) is 0.728. The highest BCUT2D eigenvalue weighted by Gasteiger charge is 2.27. The first-order valence-electron chi connectivity index (χ1n) is 7.94. The van der Waals surface area contributed by atoms with Crippen LogP contribution in [-0.2, 0) is 0 Å². The van der Waals surface area contributed by atoms with Gasteiger partial charge in [-0.25, -0.2) is 5.32 Å². The van der Waals surface area contributed by atoms with Crippen molar-refractivity contribution < 1.29 is 4.58 Å². The van der Waals surface area contributed by atoms with Gasteiger partial charge in [-0.2, -0.15) is 0 Å². The van der Waals surface area contributed by atoms with E-state index in [1.54, 1.807) is 0 Å². The molecule has 1 saturated heterocycles. The number of benzene rings is 2. The maximum Gasteiger partial charge on any atom is 0.284 e. The van der Waals surface area contributed by atoms with Gasteiger partial charge in [0.15, 0.2) is 0 Å². The minimum atomic E-state index is 0.738. The molecule has 0 aliphatic carbocycles. The number of anilines is 3. The van der Waals surface area contributed by atoms with Gasteiger partial charge >= 0.3 is 0 Å². The summed E-state index contributed by atoms with van der Waals surface area (Å²) in [5, 5.41) is 7.88. The Balaban J connectivity index is 1.86. The SMILES string of the molecule is CN1CC[N+](=C2Nc3cc(Cl)ccc3Nc3ccccc32)CC1. The van der Waals surface area contributed by atoms with Crippen molar-refractivity contribution in [3.63, 3.8) is 0 Å². The highest BCUT2D eigenvalue weighted by molar-refractivity contribution is 6.31. The Labute approximate surface area is 141 Å². The number of nitrogens with one attached hydrogen (secondary N) is 2. The average molecular weight is 328 g/mol. The second-order valence-electron chi connectivity index (χ2n) is 6.12. The fourth-order valence-corrected chi connectivity index (χ4v) is 3.32. The molecule has 0 aromatic heterocycles. The van der Waals surface area contributed by atoms with E-state index in [4.69, 9.17) is 11.6 Å². The molecule has 5 heteroatoms. The van der Waals surface area contributed by atoms with Gasteiger partial charge < -0.3 is 5.32 Å². The Hall–Kier alpha value is -2.04. The molecule has 2 aromatic rings. The predicted molar refractivity (Wildman–Crippen MR) is 96.4 cm³/mol. The van der Waals surface area contributed by atoms with Crippen LogP contribution in [0.5, 0.6) is 0 Å². The van der Waals surface area contributed by atoms with E-state index in [2.05, 4.69) is 51.4 Å². The summed E-state index contributed by atoms with van der Waals surface area (Å²) in [6.07, 6.45) is 0. The normalized spacial score (nSPS) is 17.7. The first-order chi connectivity index (χ1) is 11.2. The molecule has 2 aliphatic rings. The number of para-hydroxylation sites is 1. The van der Waals surface area contributed by atoms with Crippen LogP contribution in [0.4, 0.5) is 17.1 Å². The van der Waals surface area contributed by atoms with Crippen molar-refractivity contribution in [1.29, 1.82) is 0 Å². The van der Waals surface area contributed by atoms with E-state index in [9.17, 15) is 0 Å². The highest BCUT2D eigenvalue weighted by atomic mass is 35.5. The third-order valence-electron chi connectivity index (χ3n) is 4.51. The molecule has 0 amide bonds. The number of rotatable bonds is 0. The minimum Gasteiger partial charge on any atom is -0.351 e. The number of halogens is 1. The van der Waals surface area contributed by atoms with E-state index in [1.165, 1.54) is 5.56 Å². The summed E-state index contributed by atoms with van der Waals surface area (Å²) in [6, 6.07) is 14.3. The summed E-state index contributed by atoms with van der Waals surface area (Å²) >= 11 is 6.20. The number of nitrogens with zero attached hydrogens (tertiary/aromatic N) is 2. The van der Waals surface area contributed by atoms with Gasteiger partial charge in [0.05, 0.1) is 30.0 Å². The van der Waals surface area contributed by atoms with Crippen LogP contribution in [0.1, 0.15) is 5.56 Å². The van der Waals surface area contributed by atoms with Crippen LogP contribution in [0, 0.1) is 0 Å². The first-order valence-corrected chi connectivity index (χ1v) is 8.32. The van der Waals surface area contributed by atoms with Crippen LogP contribution in [0.15, 0.2) is 42.5 Å². The van der Waals surface area contributed by atoms with Crippen molar-refractivity contribution in [1.82, 2.24) is 4.90 Å². The largest absolute Gasteiger partial charge is 0.351 e. The van der Waals surface area contributed by atoms with Crippen molar-refractivity contribution in [2.24, 2.45) is 0 Å². The number of fused-ring (bicyclic) bond motifs is 2. The maximum atomic E-state index is 6.20. The van der Waals surface area contributed by atoms with Crippen LogP contribution >= 0.6 is 11.6 Å². The molecule has 0 bridgehead atoms. The van der Waals surface area contributed by atoms with E-state index in [0.29, 0.717) is 0 Å². The molecule has 4 nitrogen and oxygen atoms in total. The van der Waals surface area contributed by atoms with Gasteiger partial charge in [-0.05, 0) is 31.3 Å². The molecular formula is C18H20ClN4+. The number of likely N-dealkylation sites (N-methyl/N-ethyl adjacent to an activating group) is 1. The summed E-state index contributed by atoms with van der Waals surface area (Å²) in [4.78, 5) is 2.36. The second kappa shape index (κ2) is 5.87. The molecule has 0 atom stereocenters. The summed E-state index contributed by atoms with van der Waals surface area (Å²) in [7, 11) is 2.17. The zero-order chi connectivity index (χ0) is 15.8. The van der Waals surface area contributed by atoms with Crippen LogP contribution in [-0.4, -0.2) is 48.5 Å². The van der Waals surface area contributed by atoms with Gasteiger partial charge in [0.1, 0.15) is 5.69 Å². The molecule has 0 radical (unpaired) electrons. The molecule has 0 spiro atoms. The second-order valence-corrected chi connectivity index (χ2v) is 6.56. The molecule has 4 rings (SSSR count). The van der Waals surface area contributed by atoms with Crippen molar-refractivity contribution >= 4 is 34.5 Å². The third-order valence-corrected chi connectivity index (χ3v) is 4.74. The fourth-order valence-electron chi connectivity index (χ4n) is 3.15. The van der Waals surface area contributed by atoms with Gasteiger partial charge in [-0.15, -0.1) is 0 Å². The van der Waals surface area contributed by atoms with Crippen molar-refractivity contribution in [3.05, 3.63) is 53.1 Å². The van der Waals surface area contributed by atoms with E-state index in [0.717, 1.165) is 54.1 Å². The molecular weight excluding hydrogens is 308 g/mol. The topological polar surface area (TPSA) is 30.3 Å². The molecule has 118 valence electrons.